The molecule has 0 aliphatic heterocycles. The van der Waals surface area contributed by atoms with Crippen LogP contribution >= 0.6 is 15.9 Å². The molecule has 0 bridgehead atoms. The molecule has 0 saturated carbocycles. The molecule has 5 heteroatoms. The van der Waals surface area contributed by atoms with Gasteiger partial charge in [0, 0.05) is 16.4 Å². The summed E-state index contributed by atoms with van der Waals surface area (Å²) in [5, 5.41) is 4.24. The Morgan fingerprint density at radius 2 is 2.19 bits per heavy atom. The molecular formula is C11H13BrN4. The van der Waals surface area contributed by atoms with Gasteiger partial charge in [0.25, 0.3) is 0 Å². The number of halogens is 1. The summed E-state index contributed by atoms with van der Waals surface area (Å²) in [4.78, 5) is 8.41. The summed E-state index contributed by atoms with van der Waals surface area (Å²) in [7, 11) is 0. The molecule has 4 nitrogen and oxygen atoms in total. The van der Waals surface area contributed by atoms with Crippen LogP contribution in [-0.2, 0) is 0 Å². The molecule has 2 aromatic rings. The first-order chi connectivity index (χ1) is 7.70. The van der Waals surface area contributed by atoms with Gasteiger partial charge in [-0.05, 0) is 24.6 Å². The lowest BCUT2D eigenvalue weighted by atomic mass is 10.2. The Bertz CT molecular complexity index is 513. The van der Waals surface area contributed by atoms with Gasteiger partial charge in [0.15, 0.2) is 0 Å². The van der Waals surface area contributed by atoms with Crippen LogP contribution in [0.25, 0.3) is 10.9 Å². The molecule has 1 heterocycles. The second-order valence-electron chi connectivity index (χ2n) is 3.52. The first-order valence-electron chi connectivity index (χ1n) is 5.17. The lowest BCUT2D eigenvalue weighted by Gasteiger charge is -2.08. The van der Waals surface area contributed by atoms with Crippen molar-refractivity contribution in [2.75, 3.05) is 17.6 Å². The van der Waals surface area contributed by atoms with E-state index in [4.69, 9.17) is 5.73 Å². The molecule has 0 atom stereocenters. The Morgan fingerprint density at radius 1 is 1.38 bits per heavy atom. The third kappa shape index (κ3) is 2.24. The number of hydrogen-bond acceptors (Lipinski definition) is 4. The molecule has 0 aliphatic rings. The number of nitrogen functional groups attached to an aromatic ring is 1. The number of nitrogens with one attached hydrogen (secondary N) is 1. The SMILES string of the molecule is CCCNc1nc(N)nc2ccc(Br)cc12. The van der Waals surface area contributed by atoms with Gasteiger partial charge in [-0.25, -0.2) is 4.98 Å². The Hall–Kier alpha value is -1.36. The molecule has 0 saturated heterocycles. The van der Waals surface area contributed by atoms with Crippen LogP contribution in [0.5, 0.6) is 0 Å². The molecular weight excluding hydrogens is 268 g/mol. The minimum Gasteiger partial charge on any atom is -0.369 e. The number of fused-ring (bicyclic) bond motifs is 1. The van der Waals surface area contributed by atoms with Gasteiger partial charge < -0.3 is 11.1 Å². The first kappa shape index (κ1) is 11.1. The van der Waals surface area contributed by atoms with E-state index in [1.165, 1.54) is 0 Å². The van der Waals surface area contributed by atoms with Gasteiger partial charge in [-0.2, -0.15) is 4.98 Å². The van der Waals surface area contributed by atoms with Gasteiger partial charge in [0.1, 0.15) is 5.82 Å². The summed E-state index contributed by atoms with van der Waals surface area (Å²) in [6, 6.07) is 5.86. The molecule has 0 fully saturated rings. The highest BCUT2D eigenvalue weighted by atomic mass is 79.9. The number of aromatic nitrogens is 2. The van der Waals surface area contributed by atoms with Crippen molar-refractivity contribution in [1.82, 2.24) is 9.97 Å². The highest BCUT2D eigenvalue weighted by molar-refractivity contribution is 9.10. The molecule has 2 rings (SSSR count). The molecule has 0 spiro atoms. The molecule has 0 aliphatic carbocycles. The predicted molar refractivity (Wildman–Crippen MR) is 70.4 cm³/mol. The van der Waals surface area contributed by atoms with E-state index < -0.39 is 0 Å². The zero-order valence-electron chi connectivity index (χ0n) is 9.00. The van der Waals surface area contributed by atoms with E-state index in [1.54, 1.807) is 0 Å². The molecule has 1 aromatic heterocycles. The van der Waals surface area contributed by atoms with Crippen LogP contribution in [0.3, 0.4) is 0 Å². The number of nitrogens with two attached hydrogens (primary N) is 1. The van der Waals surface area contributed by atoms with Gasteiger partial charge in [-0.1, -0.05) is 22.9 Å². The zero-order valence-corrected chi connectivity index (χ0v) is 10.6. The summed E-state index contributed by atoms with van der Waals surface area (Å²) < 4.78 is 1.01. The topological polar surface area (TPSA) is 63.8 Å². The second kappa shape index (κ2) is 4.65. The summed E-state index contributed by atoms with van der Waals surface area (Å²) >= 11 is 3.44. The largest absolute Gasteiger partial charge is 0.369 e. The standard InChI is InChI=1S/C11H13BrN4/c1-2-5-14-10-8-6-7(12)3-4-9(8)15-11(13)16-10/h3-4,6H,2,5H2,1H3,(H3,13,14,15,16). The van der Waals surface area contributed by atoms with Crippen molar-refractivity contribution in [3.05, 3.63) is 22.7 Å². The third-order valence-electron chi connectivity index (χ3n) is 2.22. The molecule has 0 unspecified atom stereocenters. The van der Waals surface area contributed by atoms with E-state index in [0.717, 1.165) is 34.2 Å². The van der Waals surface area contributed by atoms with E-state index in [1.807, 2.05) is 18.2 Å². The average Bonchev–Trinajstić information content (AvgIpc) is 2.26. The normalized spacial score (nSPS) is 10.6. The molecule has 84 valence electrons. The molecule has 0 amide bonds. The van der Waals surface area contributed by atoms with Crippen molar-refractivity contribution < 1.29 is 0 Å². The Balaban J connectivity index is 2.55. The van der Waals surface area contributed by atoms with Crippen molar-refractivity contribution in [3.8, 4) is 0 Å². The number of hydrogen-bond donors (Lipinski definition) is 2. The quantitative estimate of drug-likeness (QED) is 0.908. The first-order valence-corrected chi connectivity index (χ1v) is 5.96. The average molecular weight is 281 g/mol. The third-order valence-corrected chi connectivity index (χ3v) is 2.71. The van der Waals surface area contributed by atoms with Gasteiger partial charge in [-0.15, -0.1) is 0 Å². The van der Waals surface area contributed by atoms with Crippen molar-refractivity contribution >= 4 is 38.6 Å². The smallest absolute Gasteiger partial charge is 0.222 e. The minimum absolute atomic E-state index is 0.299. The van der Waals surface area contributed by atoms with Crippen molar-refractivity contribution in [3.63, 3.8) is 0 Å². The Morgan fingerprint density at radius 3 is 2.94 bits per heavy atom. The van der Waals surface area contributed by atoms with E-state index in [2.05, 4.69) is 38.1 Å². The molecule has 1 aromatic carbocycles. The van der Waals surface area contributed by atoms with Gasteiger partial charge >= 0.3 is 0 Å². The summed E-state index contributed by atoms with van der Waals surface area (Å²) in [5.74, 6) is 1.10. The van der Waals surface area contributed by atoms with Crippen LogP contribution in [0.15, 0.2) is 22.7 Å². The maximum absolute atomic E-state index is 5.66. The van der Waals surface area contributed by atoms with Crippen molar-refractivity contribution in [1.29, 1.82) is 0 Å². The number of anilines is 2. The van der Waals surface area contributed by atoms with Gasteiger partial charge in [0.05, 0.1) is 5.52 Å². The van der Waals surface area contributed by atoms with E-state index in [-0.39, 0.29) is 0 Å². The summed E-state index contributed by atoms with van der Waals surface area (Å²) in [6.45, 7) is 2.98. The fourth-order valence-corrected chi connectivity index (χ4v) is 1.86. The molecule has 0 radical (unpaired) electrons. The monoisotopic (exact) mass is 280 g/mol. The Kier molecular flexibility index (Phi) is 3.24. The Labute approximate surface area is 102 Å². The molecule has 16 heavy (non-hydrogen) atoms. The molecule has 3 N–H and O–H groups in total. The van der Waals surface area contributed by atoms with Crippen LogP contribution in [0.1, 0.15) is 13.3 Å². The van der Waals surface area contributed by atoms with Crippen LogP contribution in [0.2, 0.25) is 0 Å². The second-order valence-corrected chi connectivity index (χ2v) is 4.43. The fourth-order valence-electron chi connectivity index (χ4n) is 1.50. The van der Waals surface area contributed by atoms with E-state index >= 15 is 0 Å². The maximum atomic E-state index is 5.66. The number of nitrogens with zero attached hydrogens (tertiary/aromatic N) is 2. The zero-order chi connectivity index (χ0) is 11.5. The van der Waals surface area contributed by atoms with Crippen LogP contribution in [-0.4, -0.2) is 16.5 Å². The number of benzene rings is 1. The van der Waals surface area contributed by atoms with Crippen molar-refractivity contribution in [2.45, 2.75) is 13.3 Å². The maximum Gasteiger partial charge on any atom is 0.222 e. The van der Waals surface area contributed by atoms with Gasteiger partial charge in [0.2, 0.25) is 5.95 Å². The van der Waals surface area contributed by atoms with E-state index in [9.17, 15) is 0 Å². The minimum atomic E-state index is 0.299. The predicted octanol–water partition coefficient (Wildman–Crippen LogP) is 2.80. The summed E-state index contributed by atoms with van der Waals surface area (Å²) in [6.07, 6.45) is 1.04. The van der Waals surface area contributed by atoms with Crippen LogP contribution in [0.4, 0.5) is 11.8 Å². The highest BCUT2D eigenvalue weighted by Crippen LogP contribution is 2.24. The lowest BCUT2D eigenvalue weighted by molar-refractivity contribution is 0.971. The summed E-state index contributed by atoms with van der Waals surface area (Å²) in [5.41, 5.74) is 6.52. The van der Waals surface area contributed by atoms with Crippen LogP contribution in [0, 0.1) is 0 Å². The van der Waals surface area contributed by atoms with Crippen molar-refractivity contribution in [2.24, 2.45) is 0 Å². The van der Waals surface area contributed by atoms with Gasteiger partial charge in [-0.3, -0.25) is 0 Å². The van der Waals surface area contributed by atoms with Crippen LogP contribution < -0.4 is 11.1 Å². The van der Waals surface area contributed by atoms with E-state index in [0.29, 0.717) is 5.95 Å². The fraction of sp³-hybridized carbons (Fsp3) is 0.273. The number of rotatable bonds is 3. The highest BCUT2D eigenvalue weighted by Gasteiger charge is 2.05. The lowest BCUT2D eigenvalue weighted by Crippen LogP contribution is -2.05.